The van der Waals surface area contributed by atoms with Crippen LogP contribution in [0.2, 0.25) is 0 Å². The van der Waals surface area contributed by atoms with Gasteiger partial charge in [-0.15, -0.1) is 0 Å². The second-order valence-electron chi connectivity index (χ2n) is 5.97. The molecule has 1 heterocycles. The van der Waals surface area contributed by atoms with E-state index in [2.05, 4.69) is 38.0 Å². The average Bonchev–Trinajstić information content (AvgIpc) is 2.58. The van der Waals surface area contributed by atoms with Crippen LogP contribution in [0, 0.1) is 11.8 Å². The summed E-state index contributed by atoms with van der Waals surface area (Å²) >= 11 is 0. The number of rotatable bonds is 1. The van der Waals surface area contributed by atoms with E-state index in [4.69, 9.17) is 0 Å². The molecule has 0 bridgehead atoms. The summed E-state index contributed by atoms with van der Waals surface area (Å²) in [5.41, 5.74) is 0.364. The van der Waals surface area contributed by atoms with E-state index in [1.807, 2.05) is 0 Å². The molecule has 1 saturated carbocycles. The first kappa shape index (κ1) is 10.4. The van der Waals surface area contributed by atoms with Crippen LogP contribution in [-0.2, 0) is 0 Å². The van der Waals surface area contributed by atoms with Gasteiger partial charge in [0.15, 0.2) is 0 Å². The van der Waals surface area contributed by atoms with Gasteiger partial charge in [0.1, 0.15) is 0 Å². The molecule has 0 radical (unpaired) electrons. The maximum atomic E-state index is 3.48. The highest BCUT2D eigenvalue weighted by Gasteiger charge is 2.44. The van der Waals surface area contributed by atoms with E-state index in [0.717, 1.165) is 17.9 Å². The SMILES string of the molecule is CN[C@H]1CC[C@@H]2CN(C(C)(C)C)C[C@@H]21. The molecule has 1 aliphatic carbocycles. The van der Waals surface area contributed by atoms with Crippen LogP contribution in [0.3, 0.4) is 0 Å². The number of nitrogens with zero attached hydrogens (tertiary/aromatic N) is 1. The molecular formula is C12H24N2. The summed E-state index contributed by atoms with van der Waals surface area (Å²) in [6, 6.07) is 0.785. The Bertz CT molecular complexity index is 207. The second kappa shape index (κ2) is 3.49. The number of hydrogen-bond donors (Lipinski definition) is 1. The normalized spacial score (nSPS) is 39.0. The Morgan fingerprint density at radius 3 is 2.43 bits per heavy atom. The van der Waals surface area contributed by atoms with Crippen molar-refractivity contribution in [3.63, 3.8) is 0 Å². The second-order valence-corrected chi connectivity index (χ2v) is 5.97. The van der Waals surface area contributed by atoms with E-state index in [0.29, 0.717) is 5.54 Å². The Morgan fingerprint density at radius 1 is 1.14 bits per heavy atom. The summed E-state index contributed by atoms with van der Waals surface area (Å²) in [6.07, 6.45) is 2.83. The van der Waals surface area contributed by atoms with Crippen LogP contribution in [0.4, 0.5) is 0 Å². The fourth-order valence-corrected chi connectivity index (χ4v) is 3.17. The molecule has 2 heteroatoms. The molecule has 0 amide bonds. The van der Waals surface area contributed by atoms with Crippen LogP contribution < -0.4 is 5.32 Å². The fraction of sp³-hybridized carbons (Fsp3) is 1.00. The van der Waals surface area contributed by atoms with Crippen LogP contribution in [0.25, 0.3) is 0 Å². The number of hydrogen-bond acceptors (Lipinski definition) is 2. The lowest BCUT2D eigenvalue weighted by molar-refractivity contribution is 0.158. The molecule has 0 aromatic carbocycles. The van der Waals surface area contributed by atoms with Crippen molar-refractivity contribution < 1.29 is 0 Å². The molecule has 0 spiro atoms. The molecule has 2 rings (SSSR count). The van der Waals surface area contributed by atoms with Crippen molar-refractivity contribution in [2.24, 2.45) is 11.8 Å². The van der Waals surface area contributed by atoms with Gasteiger partial charge in [-0.3, -0.25) is 4.90 Å². The molecule has 1 aliphatic heterocycles. The maximum absolute atomic E-state index is 3.48. The van der Waals surface area contributed by atoms with Gasteiger partial charge < -0.3 is 5.32 Å². The highest BCUT2D eigenvalue weighted by atomic mass is 15.2. The van der Waals surface area contributed by atoms with Crippen LogP contribution >= 0.6 is 0 Å². The van der Waals surface area contributed by atoms with Gasteiger partial charge in [-0.1, -0.05) is 0 Å². The summed E-state index contributed by atoms with van der Waals surface area (Å²) in [7, 11) is 2.12. The van der Waals surface area contributed by atoms with Crippen molar-refractivity contribution in [1.82, 2.24) is 10.2 Å². The van der Waals surface area contributed by atoms with Crippen molar-refractivity contribution in [2.75, 3.05) is 20.1 Å². The van der Waals surface area contributed by atoms with Crippen LogP contribution in [0.1, 0.15) is 33.6 Å². The minimum Gasteiger partial charge on any atom is -0.317 e. The van der Waals surface area contributed by atoms with E-state index in [1.165, 1.54) is 25.9 Å². The average molecular weight is 196 g/mol. The number of likely N-dealkylation sites (tertiary alicyclic amines) is 1. The van der Waals surface area contributed by atoms with E-state index in [9.17, 15) is 0 Å². The maximum Gasteiger partial charge on any atom is 0.0125 e. The lowest BCUT2D eigenvalue weighted by Gasteiger charge is -2.33. The molecule has 3 atom stereocenters. The van der Waals surface area contributed by atoms with E-state index >= 15 is 0 Å². The van der Waals surface area contributed by atoms with E-state index in [1.54, 1.807) is 0 Å². The summed E-state index contributed by atoms with van der Waals surface area (Å²) in [5, 5.41) is 3.48. The summed E-state index contributed by atoms with van der Waals surface area (Å²) < 4.78 is 0. The van der Waals surface area contributed by atoms with Crippen molar-refractivity contribution in [3.05, 3.63) is 0 Å². The zero-order valence-electron chi connectivity index (χ0n) is 10.0. The quantitative estimate of drug-likeness (QED) is 0.687. The monoisotopic (exact) mass is 196 g/mol. The minimum absolute atomic E-state index is 0.364. The van der Waals surface area contributed by atoms with Crippen molar-refractivity contribution in [2.45, 2.75) is 45.2 Å². The van der Waals surface area contributed by atoms with Gasteiger partial charge in [0, 0.05) is 24.7 Å². The first-order valence-corrected chi connectivity index (χ1v) is 5.94. The third-order valence-electron chi connectivity index (χ3n) is 4.18. The first-order valence-electron chi connectivity index (χ1n) is 5.94. The van der Waals surface area contributed by atoms with Crippen LogP contribution in [0.5, 0.6) is 0 Å². The predicted molar refractivity (Wildman–Crippen MR) is 60.4 cm³/mol. The van der Waals surface area contributed by atoms with Gasteiger partial charge in [-0.2, -0.15) is 0 Å². The molecule has 2 nitrogen and oxygen atoms in total. The van der Waals surface area contributed by atoms with Crippen molar-refractivity contribution in [3.8, 4) is 0 Å². The van der Waals surface area contributed by atoms with E-state index < -0.39 is 0 Å². The molecule has 0 aromatic heterocycles. The van der Waals surface area contributed by atoms with Crippen LogP contribution in [0.15, 0.2) is 0 Å². The summed E-state index contributed by atoms with van der Waals surface area (Å²) in [4.78, 5) is 2.66. The Hall–Kier alpha value is -0.0800. The Balaban J connectivity index is 2.01. The predicted octanol–water partition coefficient (Wildman–Crippen LogP) is 1.71. The lowest BCUT2D eigenvalue weighted by Crippen LogP contribution is -2.41. The van der Waals surface area contributed by atoms with Gasteiger partial charge in [0.25, 0.3) is 0 Å². The lowest BCUT2D eigenvalue weighted by atomic mass is 9.98. The smallest absolute Gasteiger partial charge is 0.0125 e. The van der Waals surface area contributed by atoms with Gasteiger partial charge in [-0.25, -0.2) is 0 Å². The molecule has 2 aliphatic rings. The van der Waals surface area contributed by atoms with E-state index in [-0.39, 0.29) is 0 Å². The van der Waals surface area contributed by atoms with Gasteiger partial charge in [0.2, 0.25) is 0 Å². The summed E-state index contributed by atoms with van der Waals surface area (Å²) in [6.45, 7) is 9.64. The van der Waals surface area contributed by atoms with Gasteiger partial charge in [-0.05, 0) is 52.5 Å². The zero-order chi connectivity index (χ0) is 10.3. The van der Waals surface area contributed by atoms with Crippen LogP contribution in [-0.4, -0.2) is 36.6 Å². The Kier molecular flexibility index (Phi) is 2.61. The van der Waals surface area contributed by atoms with Gasteiger partial charge >= 0.3 is 0 Å². The van der Waals surface area contributed by atoms with Crippen molar-refractivity contribution >= 4 is 0 Å². The fourth-order valence-electron chi connectivity index (χ4n) is 3.17. The molecule has 0 aromatic rings. The molecule has 0 unspecified atom stereocenters. The van der Waals surface area contributed by atoms with Crippen molar-refractivity contribution in [1.29, 1.82) is 0 Å². The molecule has 82 valence electrons. The summed E-state index contributed by atoms with van der Waals surface area (Å²) in [5.74, 6) is 1.88. The standard InChI is InChI=1S/C12H24N2/c1-12(2,3)14-7-9-5-6-11(13-4)10(9)8-14/h9-11,13H,5-8H2,1-4H3/t9-,10+,11+/m1/s1. The number of fused-ring (bicyclic) bond motifs is 1. The Labute approximate surface area is 88.1 Å². The molecule has 1 N–H and O–H groups in total. The number of nitrogens with one attached hydrogen (secondary N) is 1. The molecule has 2 fully saturated rings. The highest BCUT2D eigenvalue weighted by molar-refractivity contribution is 4.99. The molecule has 14 heavy (non-hydrogen) atoms. The Morgan fingerprint density at radius 2 is 1.86 bits per heavy atom. The highest BCUT2D eigenvalue weighted by Crippen LogP contribution is 2.40. The largest absolute Gasteiger partial charge is 0.317 e. The molecular weight excluding hydrogens is 172 g/mol. The molecule has 1 saturated heterocycles. The zero-order valence-corrected chi connectivity index (χ0v) is 10.0. The third-order valence-corrected chi connectivity index (χ3v) is 4.18. The first-order chi connectivity index (χ1) is 6.52. The minimum atomic E-state index is 0.364. The third kappa shape index (κ3) is 1.70. The topological polar surface area (TPSA) is 15.3 Å². The van der Waals surface area contributed by atoms with Gasteiger partial charge in [0.05, 0.1) is 0 Å².